The number of quaternary nitrogens is 1. The van der Waals surface area contributed by atoms with E-state index in [1.54, 1.807) is 62.6 Å². The van der Waals surface area contributed by atoms with Gasteiger partial charge in [0.05, 0.1) is 51.1 Å². The Labute approximate surface area is 312 Å². The van der Waals surface area contributed by atoms with Crippen LogP contribution in [-0.4, -0.2) is 91.0 Å². The van der Waals surface area contributed by atoms with E-state index in [1.807, 2.05) is 17.4 Å². The molecule has 16 heteroatoms. The number of carbonyl (C=O) groups excluding carboxylic acids is 5. The number of anilines is 2. The molecule has 0 fully saturated rings. The van der Waals surface area contributed by atoms with E-state index >= 15 is 0 Å². The molecule has 4 amide bonds. The smallest absolute Gasteiger partial charge is 0.410 e. The van der Waals surface area contributed by atoms with Crippen molar-refractivity contribution in [2.45, 2.75) is 91.8 Å². The summed E-state index contributed by atoms with van der Waals surface area (Å²) in [5, 5.41) is 16.0. The first-order valence-electron chi connectivity index (χ1n) is 16.3. The number of hydroxylamine groups is 1. The highest BCUT2D eigenvalue weighted by Gasteiger charge is 2.35. The normalized spacial score (nSPS) is 17.6. The Morgan fingerprint density at radius 3 is 1.96 bits per heavy atom. The third-order valence-corrected chi connectivity index (χ3v) is 7.41. The summed E-state index contributed by atoms with van der Waals surface area (Å²) >= 11 is 0. The Bertz CT molecular complexity index is 1440. The number of halogens is 1. The van der Waals surface area contributed by atoms with Crippen molar-refractivity contribution in [1.29, 1.82) is 0 Å². The predicted octanol–water partition coefficient (Wildman–Crippen LogP) is 0.868. The maximum atomic E-state index is 13.0. The van der Waals surface area contributed by atoms with Crippen LogP contribution in [0.5, 0.6) is 11.5 Å². The summed E-state index contributed by atoms with van der Waals surface area (Å²) in [7, 11) is 1.24. The molecule has 0 aliphatic carbocycles. The largest absolute Gasteiger partial charge is 1.00 e. The molecule has 15 nitrogen and oxygen atoms in total. The van der Waals surface area contributed by atoms with Crippen molar-refractivity contribution in [2.75, 3.05) is 44.0 Å². The number of esters is 1. The quantitative estimate of drug-likeness (QED) is 0.170. The number of para-hydroxylation sites is 4. The first kappa shape index (κ1) is 47.4. The maximum Gasteiger partial charge on any atom is 0.410 e. The molecule has 2 aromatic carbocycles. The average molecular weight is 754 g/mol. The van der Waals surface area contributed by atoms with E-state index in [0.29, 0.717) is 48.9 Å². The molecule has 4 rings (SSSR count). The molecule has 0 bridgehead atoms. The highest BCUT2D eigenvalue weighted by Crippen LogP contribution is 2.27. The molecule has 0 saturated carbocycles. The number of hydrogen-bond acceptors (Lipinski definition) is 10. The molecule has 0 unspecified atom stereocenters. The van der Waals surface area contributed by atoms with Crippen LogP contribution < -0.4 is 43.3 Å². The van der Waals surface area contributed by atoms with E-state index in [1.165, 1.54) is 12.0 Å². The fourth-order valence-corrected chi connectivity index (χ4v) is 4.96. The van der Waals surface area contributed by atoms with Crippen LogP contribution in [0.3, 0.4) is 0 Å². The van der Waals surface area contributed by atoms with Crippen LogP contribution in [0.15, 0.2) is 48.5 Å². The molecular formula is C36H56ClN5O10. The molecule has 52 heavy (non-hydrogen) atoms. The van der Waals surface area contributed by atoms with Gasteiger partial charge in [0.2, 0.25) is 11.8 Å². The average Bonchev–Trinajstić information content (AvgIpc) is 3.11. The zero-order chi connectivity index (χ0) is 35.8. The van der Waals surface area contributed by atoms with Crippen LogP contribution in [0.4, 0.5) is 16.2 Å². The van der Waals surface area contributed by atoms with Crippen molar-refractivity contribution < 1.29 is 65.9 Å². The van der Waals surface area contributed by atoms with Gasteiger partial charge in [0.1, 0.15) is 23.1 Å². The van der Waals surface area contributed by atoms with Gasteiger partial charge in [-0.15, -0.1) is 0 Å². The molecule has 2 atom stereocenters. The zero-order valence-corrected chi connectivity index (χ0v) is 29.6. The van der Waals surface area contributed by atoms with Gasteiger partial charge in [-0.3, -0.25) is 29.3 Å². The minimum absolute atomic E-state index is 0. The highest BCUT2D eigenvalue weighted by atomic mass is 35.5. The fraction of sp³-hybridized carbons (Fsp3) is 0.528. The summed E-state index contributed by atoms with van der Waals surface area (Å²) in [6.07, 6.45) is 2.02. The summed E-state index contributed by atoms with van der Waals surface area (Å²) in [6.45, 7) is 7.24. The van der Waals surface area contributed by atoms with Crippen molar-refractivity contribution in [1.82, 2.24) is 10.4 Å². The lowest BCUT2D eigenvalue weighted by molar-refractivity contribution is -0.675. The molecule has 0 aromatic heterocycles. The van der Waals surface area contributed by atoms with Crippen LogP contribution in [0.25, 0.3) is 0 Å². The number of nitrogens with zero attached hydrogens (tertiary/aromatic N) is 1. The standard InChI is InChI=1S/C20H28N2O6.C14H19N3O4.2CH4.ClH/c1-20(2,3)28-19(25)22-11-7-8-12-27-16-10-6-5-9-14(16)21-18(24)15(22)13-17(23)26-4;18-13(17-20)9-11-14(19)16-10-5-1-2-6-12(10)21-8-4-3-7-15-11;;;/h5-6,9-10,15H,7-8,11-13H2,1-4H3,(H,21,24);1-2,5-6,11,15,20H,3-4,7-9H2,(H,16,19)(H,17,18);2*1H4;1H/t15-;11-;;;/m00.../s1. The summed E-state index contributed by atoms with van der Waals surface area (Å²) < 4.78 is 21.6. The predicted molar refractivity (Wildman–Crippen MR) is 192 cm³/mol. The first-order valence-corrected chi connectivity index (χ1v) is 16.3. The van der Waals surface area contributed by atoms with Gasteiger partial charge in [-0.1, -0.05) is 39.1 Å². The molecule has 0 saturated heterocycles. The van der Waals surface area contributed by atoms with Crippen LogP contribution in [0.2, 0.25) is 0 Å². The van der Waals surface area contributed by atoms with Crippen LogP contribution in [0, 0.1) is 0 Å². The fourth-order valence-electron chi connectivity index (χ4n) is 4.96. The van der Waals surface area contributed by atoms with Gasteiger partial charge in [0.25, 0.3) is 5.91 Å². The lowest BCUT2D eigenvalue weighted by atomic mass is 10.1. The lowest BCUT2D eigenvalue weighted by Crippen LogP contribution is -3.00. The highest BCUT2D eigenvalue weighted by molar-refractivity contribution is 6.00. The summed E-state index contributed by atoms with van der Waals surface area (Å²) in [6, 6.07) is 12.6. The van der Waals surface area contributed by atoms with Crippen molar-refractivity contribution in [2.24, 2.45) is 0 Å². The molecule has 2 heterocycles. The zero-order valence-electron chi connectivity index (χ0n) is 28.9. The second-order valence-electron chi connectivity index (χ2n) is 12.4. The molecular weight excluding hydrogens is 698 g/mol. The summed E-state index contributed by atoms with van der Waals surface area (Å²) in [4.78, 5) is 62.6. The SMILES string of the molecule is C.C.COC(=O)C[C@H]1C(=O)Nc2ccccc2OCCCCN1C(=O)OC(C)(C)C.O=C(C[C@@H]1[NH2+]CCCCOc2ccccc2NC1=O)NO.[Cl-]. The number of rotatable bonds is 4. The van der Waals surface area contributed by atoms with Crippen LogP contribution in [0.1, 0.15) is 74.1 Å². The molecule has 2 aliphatic rings. The van der Waals surface area contributed by atoms with E-state index < -0.39 is 41.6 Å². The lowest BCUT2D eigenvalue weighted by Gasteiger charge is -2.32. The van der Waals surface area contributed by atoms with Gasteiger partial charge in [0.15, 0.2) is 6.04 Å². The van der Waals surface area contributed by atoms with Crippen LogP contribution >= 0.6 is 0 Å². The number of hydrogen-bond donors (Lipinski definition) is 5. The van der Waals surface area contributed by atoms with Crippen molar-refractivity contribution in [3.63, 3.8) is 0 Å². The van der Waals surface area contributed by atoms with E-state index in [2.05, 4.69) is 10.6 Å². The summed E-state index contributed by atoms with van der Waals surface area (Å²) in [5.74, 6) is -0.791. The second kappa shape index (κ2) is 23.8. The maximum absolute atomic E-state index is 13.0. The Morgan fingerprint density at radius 2 is 1.42 bits per heavy atom. The van der Waals surface area contributed by atoms with Crippen molar-refractivity contribution in [3.8, 4) is 11.5 Å². The number of nitrogens with one attached hydrogen (secondary N) is 3. The number of carbonyl (C=O) groups is 5. The van der Waals surface area contributed by atoms with E-state index in [9.17, 15) is 24.0 Å². The monoisotopic (exact) mass is 753 g/mol. The molecule has 0 radical (unpaired) electrons. The van der Waals surface area contributed by atoms with Crippen LogP contribution in [-0.2, 0) is 28.7 Å². The van der Waals surface area contributed by atoms with Crippen molar-refractivity contribution >= 4 is 41.2 Å². The number of nitrogens with two attached hydrogens (primary N) is 1. The molecule has 292 valence electrons. The Morgan fingerprint density at radius 1 is 0.885 bits per heavy atom. The van der Waals surface area contributed by atoms with Gasteiger partial charge >= 0.3 is 12.1 Å². The number of methoxy groups -OCH3 is 1. The van der Waals surface area contributed by atoms with Crippen molar-refractivity contribution in [3.05, 3.63) is 48.5 Å². The van der Waals surface area contributed by atoms with Gasteiger partial charge in [0, 0.05) is 6.54 Å². The number of fused-ring (bicyclic) bond motifs is 2. The van der Waals surface area contributed by atoms with Gasteiger partial charge < -0.3 is 47.3 Å². The van der Waals surface area contributed by atoms with E-state index in [0.717, 1.165) is 19.4 Å². The molecule has 2 aromatic rings. The molecule has 6 N–H and O–H groups in total. The topological polar surface area (TPSA) is 198 Å². The van der Waals surface area contributed by atoms with Gasteiger partial charge in [-0.2, -0.15) is 0 Å². The minimum atomic E-state index is -1.06. The Kier molecular flexibility index (Phi) is 21.7. The number of benzene rings is 2. The third-order valence-electron chi connectivity index (χ3n) is 7.41. The van der Waals surface area contributed by atoms with E-state index in [-0.39, 0.29) is 52.6 Å². The Hall–Kier alpha value is -4.60. The third kappa shape index (κ3) is 15.7. The number of amides is 4. The van der Waals surface area contributed by atoms with E-state index in [4.69, 9.17) is 24.2 Å². The molecule has 0 spiro atoms. The summed E-state index contributed by atoms with van der Waals surface area (Å²) in [5.41, 5.74) is 1.90. The molecule has 2 aliphatic heterocycles. The first-order chi connectivity index (χ1) is 23.4. The van der Waals surface area contributed by atoms with Gasteiger partial charge in [-0.05, 0) is 70.7 Å². The number of ether oxygens (including phenoxy) is 4. The Balaban J connectivity index is 0.000000978. The minimum Gasteiger partial charge on any atom is -1.00 e. The second-order valence-corrected chi connectivity index (χ2v) is 12.4. The van der Waals surface area contributed by atoms with Gasteiger partial charge in [-0.25, -0.2) is 10.3 Å².